The summed E-state index contributed by atoms with van der Waals surface area (Å²) < 4.78 is 0. The summed E-state index contributed by atoms with van der Waals surface area (Å²) in [7, 11) is 0. The SMILES string of the molecule is [C-]#[N+]c1c(Cl)c(Cl)c(Cc2c(Cl)cc(C#N)cc2Cl)c(C#N)c1Cl. The van der Waals surface area contributed by atoms with Crippen molar-refractivity contribution in [1.29, 1.82) is 10.5 Å². The maximum absolute atomic E-state index is 9.39. The number of nitrogens with zero attached hydrogens (tertiary/aromatic N) is 3. The first-order valence-corrected chi connectivity index (χ1v) is 8.09. The van der Waals surface area contributed by atoms with Crippen LogP contribution in [0.4, 0.5) is 5.69 Å². The number of benzene rings is 2. The van der Waals surface area contributed by atoms with Gasteiger partial charge in [-0.15, -0.1) is 0 Å². The molecule has 2 aromatic carbocycles. The van der Waals surface area contributed by atoms with E-state index in [-0.39, 0.29) is 42.8 Å². The number of rotatable bonds is 2. The molecule has 0 spiro atoms. The van der Waals surface area contributed by atoms with Crippen LogP contribution in [0.2, 0.25) is 25.1 Å². The maximum Gasteiger partial charge on any atom is 0.226 e. The molecule has 0 saturated carbocycles. The lowest BCUT2D eigenvalue weighted by Gasteiger charge is -2.14. The van der Waals surface area contributed by atoms with Gasteiger partial charge in [-0.25, -0.2) is 4.85 Å². The molecule has 0 bridgehead atoms. The van der Waals surface area contributed by atoms with Crippen molar-refractivity contribution in [2.24, 2.45) is 0 Å². The Hall–Kier alpha value is -1.64. The van der Waals surface area contributed by atoms with Crippen molar-refractivity contribution in [2.45, 2.75) is 6.42 Å². The third-order valence-electron chi connectivity index (χ3n) is 3.24. The second-order valence-electron chi connectivity index (χ2n) is 4.57. The molecule has 0 aromatic heterocycles. The largest absolute Gasteiger partial charge is 0.235 e. The van der Waals surface area contributed by atoms with Crippen LogP contribution in [0.3, 0.4) is 0 Å². The molecule has 0 aliphatic rings. The molecule has 118 valence electrons. The smallest absolute Gasteiger partial charge is 0.226 e. The van der Waals surface area contributed by atoms with E-state index in [1.54, 1.807) is 0 Å². The van der Waals surface area contributed by atoms with Crippen LogP contribution in [-0.2, 0) is 6.42 Å². The Bertz CT molecular complexity index is 954. The molecule has 0 aliphatic carbocycles. The summed E-state index contributed by atoms with van der Waals surface area (Å²) in [6, 6.07) is 6.79. The molecule has 0 amide bonds. The molecule has 2 rings (SSSR count). The topological polar surface area (TPSA) is 51.9 Å². The van der Waals surface area contributed by atoms with Crippen LogP contribution in [0, 0.1) is 29.2 Å². The molecular formula is C16H4Cl5N3. The lowest BCUT2D eigenvalue weighted by Crippen LogP contribution is -1.99. The molecule has 0 unspecified atom stereocenters. The quantitative estimate of drug-likeness (QED) is 0.398. The molecular weight excluding hydrogens is 411 g/mol. The van der Waals surface area contributed by atoms with Crippen LogP contribution in [0.15, 0.2) is 12.1 Å². The van der Waals surface area contributed by atoms with Gasteiger partial charge in [0, 0.05) is 16.5 Å². The zero-order chi connectivity index (χ0) is 18.0. The van der Waals surface area contributed by atoms with E-state index in [0.717, 1.165) is 0 Å². The molecule has 0 atom stereocenters. The highest BCUT2D eigenvalue weighted by Crippen LogP contribution is 2.45. The van der Waals surface area contributed by atoms with Crippen molar-refractivity contribution in [3.63, 3.8) is 0 Å². The normalized spacial score (nSPS) is 9.92. The van der Waals surface area contributed by atoms with Crippen LogP contribution < -0.4 is 0 Å². The Morgan fingerprint density at radius 2 is 1.46 bits per heavy atom. The van der Waals surface area contributed by atoms with Gasteiger partial charge in [-0.05, 0) is 23.3 Å². The highest BCUT2D eigenvalue weighted by atomic mass is 35.5. The minimum atomic E-state index is -0.0827. The van der Waals surface area contributed by atoms with Gasteiger partial charge in [0.15, 0.2) is 0 Å². The number of halogens is 5. The highest BCUT2D eigenvalue weighted by molar-refractivity contribution is 6.47. The lowest BCUT2D eigenvalue weighted by atomic mass is 9.98. The molecule has 0 aliphatic heterocycles. The first kappa shape index (κ1) is 18.7. The summed E-state index contributed by atoms with van der Waals surface area (Å²) in [5.41, 5.74) is 1.04. The van der Waals surface area contributed by atoms with E-state index in [2.05, 4.69) is 4.85 Å². The fourth-order valence-corrected chi connectivity index (χ4v) is 3.55. The fourth-order valence-electron chi connectivity index (χ4n) is 2.09. The first-order chi connectivity index (χ1) is 11.3. The fraction of sp³-hybridized carbons (Fsp3) is 0.0625. The van der Waals surface area contributed by atoms with Crippen molar-refractivity contribution >= 4 is 63.7 Å². The molecule has 2 aromatic rings. The van der Waals surface area contributed by atoms with Gasteiger partial charge in [-0.3, -0.25) is 0 Å². The van der Waals surface area contributed by atoms with Gasteiger partial charge >= 0.3 is 0 Å². The second kappa shape index (κ2) is 7.50. The Morgan fingerprint density at radius 3 is 1.92 bits per heavy atom. The minimum Gasteiger partial charge on any atom is -0.235 e. The minimum absolute atomic E-state index is 0.0356. The van der Waals surface area contributed by atoms with Crippen molar-refractivity contribution in [2.75, 3.05) is 0 Å². The summed E-state index contributed by atoms with van der Waals surface area (Å²) in [5, 5.41) is 18.8. The molecule has 24 heavy (non-hydrogen) atoms. The van der Waals surface area contributed by atoms with Crippen LogP contribution in [-0.4, -0.2) is 0 Å². The number of hydrogen-bond donors (Lipinski definition) is 0. The Kier molecular flexibility index (Phi) is 5.84. The van der Waals surface area contributed by atoms with E-state index in [0.29, 0.717) is 16.7 Å². The average molecular weight is 415 g/mol. The molecule has 0 saturated heterocycles. The third-order valence-corrected chi connectivity index (χ3v) is 5.17. The van der Waals surface area contributed by atoms with Crippen molar-refractivity contribution in [1.82, 2.24) is 0 Å². The van der Waals surface area contributed by atoms with E-state index < -0.39 is 0 Å². The van der Waals surface area contributed by atoms with Crippen molar-refractivity contribution < 1.29 is 0 Å². The predicted molar refractivity (Wildman–Crippen MR) is 96.4 cm³/mol. The van der Waals surface area contributed by atoms with E-state index in [1.165, 1.54) is 12.1 Å². The summed E-state index contributed by atoms with van der Waals surface area (Å²) in [5.74, 6) is 0. The van der Waals surface area contributed by atoms with Gasteiger partial charge in [-0.2, -0.15) is 10.5 Å². The maximum atomic E-state index is 9.39. The van der Waals surface area contributed by atoms with Crippen molar-refractivity contribution in [3.8, 4) is 12.1 Å². The van der Waals surface area contributed by atoms with Gasteiger partial charge in [0.25, 0.3) is 0 Å². The Labute approximate surface area is 163 Å². The predicted octanol–water partition coefficient (Wildman–Crippen LogP) is 6.84. The van der Waals surface area contributed by atoms with Gasteiger partial charge in [0.1, 0.15) is 0 Å². The van der Waals surface area contributed by atoms with Crippen molar-refractivity contribution in [3.05, 3.63) is 70.9 Å². The number of hydrogen-bond acceptors (Lipinski definition) is 2. The zero-order valence-corrected chi connectivity index (χ0v) is 15.4. The third kappa shape index (κ3) is 3.26. The van der Waals surface area contributed by atoms with Gasteiger partial charge in [0.2, 0.25) is 5.69 Å². The molecule has 0 heterocycles. The second-order valence-corrected chi connectivity index (χ2v) is 6.52. The molecule has 8 heteroatoms. The van der Waals surface area contributed by atoms with Crippen LogP contribution >= 0.6 is 58.0 Å². The summed E-state index contributed by atoms with van der Waals surface area (Å²) >= 11 is 30.7. The summed E-state index contributed by atoms with van der Waals surface area (Å²) in [6.07, 6.45) is 0.0722. The van der Waals surface area contributed by atoms with Gasteiger partial charge in [-0.1, -0.05) is 58.0 Å². The molecule has 0 N–H and O–H groups in total. The Balaban J connectivity index is 2.71. The molecule has 0 radical (unpaired) electrons. The Morgan fingerprint density at radius 1 is 0.875 bits per heavy atom. The van der Waals surface area contributed by atoms with E-state index in [1.807, 2.05) is 12.1 Å². The van der Waals surface area contributed by atoms with Gasteiger partial charge < -0.3 is 0 Å². The van der Waals surface area contributed by atoms with Crippen LogP contribution in [0.1, 0.15) is 22.3 Å². The van der Waals surface area contributed by atoms with Crippen LogP contribution in [0.5, 0.6) is 0 Å². The lowest BCUT2D eigenvalue weighted by molar-refractivity contribution is 1.18. The van der Waals surface area contributed by atoms with Crippen LogP contribution in [0.25, 0.3) is 4.85 Å². The van der Waals surface area contributed by atoms with E-state index in [9.17, 15) is 5.26 Å². The first-order valence-electron chi connectivity index (χ1n) is 6.20. The monoisotopic (exact) mass is 413 g/mol. The summed E-state index contributed by atoms with van der Waals surface area (Å²) in [6.45, 7) is 7.11. The summed E-state index contributed by atoms with van der Waals surface area (Å²) in [4.78, 5) is 3.21. The standard InChI is InChI=1S/C16H4Cl5N3/c1-24-16-14(20)10(6-23)8(13(19)15(16)21)4-9-11(17)2-7(5-22)3-12(9)18/h2-3H,4H2. The highest BCUT2D eigenvalue weighted by Gasteiger charge is 2.23. The number of nitriles is 2. The van der Waals surface area contributed by atoms with Gasteiger partial charge in [0.05, 0.1) is 44.9 Å². The molecule has 3 nitrogen and oxygen atoms in total. The van der Waals surface area contributed by atoms with E-state index in [4.69, 9.17) is 69.8 Å². The zero-order valence-electron chi connectivity index (χ0n) is 11.6. The average Bonchev–Trinajstić information content (AvgIpc) is 2.55. The molecule has 0 fully saturated rings. The van der Waals surface area contributed by atoms with E-state index >= 15 is 0 Å².